The molecule has 112 valence electrons. The van der Waals surface area contributed by atoms with Gasteiger partial charge in [0, 0.05) is 27.1 Å². The lowest BCUT2D eigenvalue weighted by atomic mass is 10.1. The van der Waals surface area contributed by atoms with Crippen molar-refractivity contribution in [3.05, 3.63) is 63.8 Å². The van der Waals surface area contributed by atoms with Gasteiger partial charge < -0.3 is 4.98 Å². The third kappa shape index (κ3) is 2.89. The van der Waals surface area contributed by atoms with Crippen LogP contribution < -0.4 is 0 Å². The maximum atomic E-state index is 12.6. The Morgan fingerprint density at radius 2 is 1.77 bits per heavy atom. The van der Waals surface area contributed by atoms with Gasteiger partial charge in [0.2, 0.25) is 0 Å². The molecule has 0 atom stereocenters. The SMILES string of the molecule is Cc1[nH]c2ccccc2c1C(=O)CSc1c(Cl)cccc1Cl. The molecule has 5 heteroatoms. The Morgan fingerprint density at radius 1 is 1.09 bits per heavy atom. The number of para-hydroxylation sites is 1. The summed E-state index contributed by atoms with van der Waals surface area (Å²) < 4.78 is 0. The van der Waals surface area contributed by atoms with E-state index in [4.69, 9.17) is 23.2 Å². The molecule has 0 amide bonds. The molecule has 3 aromatic rings. The zero-order chi connectivity index (χ0) is 15.7. The zero-order valence-corrected chi connectivity index (χ0v) is 14.1. The van der Waals surface area contributed by atoms with E-state index in [0.717, 1.165) is 27.1 Å². The monoisotopic (exact) mass is 349 g/mol. The molecule has 0 fully saturated rings. The van der Waals surface area contributed by atoms with E-state index in [1.54, 1.807) is 18.2 Å². The first-order valence-corrected chi connectivity index (χ1v) is 8.49. The van der Waals surface area contributed by atoms with E-state index >= 15 is 0 Å². The molecular weight excluding hydrogens is 337 g/mol. The van der Waals surface area contributed by atoms with Crippen molar-refractivity contribution < 1.29 is 4.79 Å². The largest absolute Gasteiger partial charge is 0.358 e. The molecule has 3 rings (SSSR count). The molecule has 2 aromatic carbocycles. The highest BCUT2D eigenvalue weighted by Crippen LogP contribution is 2.34. The Morgan fingerprint density at radius 3 is 2.50 bits per heavy atom. The summed E-state index contributed by atoms with van der Waals surface area (Å²) in [5, 5.41) is 2.10. The van der Waals surface area contributed by atoms with E-state index in [-0.39, 0.29) is 5.78 Å². The van der Waals surface area contributed by atoms with Gasteiger partial charge in [-0.25, -0.2) is 0 Å². The number of aromatic amines is 1. The van der Waals surface area contributed by atoms with Gasteiger partial charge in [-0.2, -0.15) is 0 Å². The van der Waals surface area contributed by atoms with Crippen molar-refractivity contribution in [2.75, 3.05) is 5.75 Å². The van der Waals surface area contributed by atoms with Gasteiger partial charge in [0.25, 0.3) is 0 Å². The third-order valence-electron chi connectivity index (χ3n) is 3.44. The number of halogens is 2. The van der Waals surface area contributed by atoms with Gasteiger partial charge in [0.05, 0.1) is 15.8 Å². The molecule has 0 aliphatic carbocycles. The van der Waals surface area contributed by atoms with Crippen molar-refractivity contribution >= 4 is 51.6 Å². The van der Waals surface area contributed by atoms with Crippen LogP contribution in [-0.2, 0) is 0 Å². The van der Waals surface area contributed by atoms with Gasteiger partial charge in [-0.1, -0.05) is 47.5 Å². The molecule has 1 heterocycles. The average Bonchev–Trinajstić information content (AvgIpc) is 2.82. The molecular formula is C17H13Cl2NOS. The Hall–Kier alpha value is -1.42. The highest BCUT2D eigenvalue weighted by molar-refractivity contribution is 8.00. The molecule has 2 nitrogen and oxygen atoms in total. The molecule has 1 aromatic heterocycles. The Bertz CT molecular complexity index is 837. The summed E-state index contributed by atoms with van der Waals surface area (Å²) in [5.41, 5.74) is 2.60. The van der Waals surface area contributed by atoms with Crippen LogP contribution >= 0.6 is 35.0 Å². The van der Waals surface area contributed by atoms with Crippen molar-refractivity contribution in [2.24, 2.45) is 0 Å². The van der Waals surface area contributed by atoms with Crippen LogP contribution in [0.1, 0.15) is 16.1 Å². The van der Waals surface area contributed by atoms with Gasteiger partial charge in [0.15, 0.2) is 5.78 Å². The van der Waals surface area contributed by atoms with Gasteiger partial charge in [-0.3, -0.25) is 4.79 Å². The molecule has 0 saturated carbocycles. The first-order valence-electron chi connectivity index (χ1n) is 6.75. The number of nitrogens with one attached hydrogen (secondary N) is 1. The van der Waals surface area contributed by atoms with E-state index in [9.17, 15) is 4.79 Å². The number of carbonyl (C=O) groups is 1. The second-order valence-electron chi connectivity index (χ2n) is 4.93. The number of aromatic nitrogens is 1. The molecule has 0 unspecified atom stereocenters. The zero-order valence-electron chi connectivity index (χ0n) is 11.8. The topological polar surface area (TPSA) is 32.9 Å². The smallest absolute Gasteiger partial charge is 0.175 e. The van der Waals surface area contributed by atoms with Crippen molar-refractivity contribution in [1.82, 2.24) is 4.98 Å². The minimum absolute atomic E-state index is 0.0657. The van der Waals surface area contributed by atoms with Gasteiger partial charge in [0.1, 0.15) is 0 Å². The molecule has 0 spiro atoms. The van der Waals surface area contributed by atoms with Crippen LogP contribution in [-0.4, -0.2) is 16.5 Å². The van der Waals surface area contributed by atoms with E-state index in [0.29, 0.717) is 15.8 Å². The average molecular weight is 350 g/mol. The molecule has 0 aliphatic rings. The number of H-pyrrole nitrogens is 1. The summed E-state index contributed by atoms with van der Waals surface area (Å²) in [6.45, 7) is 1.92. The summed E-state index contributed by atoms with van der Waals surface area (Å²) >= 11 is 13.7. The first-order chi connectivity index (χ1) is 10.6. The summed E-state index contributed by atoms with van der Waals surface area (Å²) in [4.78, 5) is 16.6. The van der Waals surface area contributed by atoms with E-state index in [1.165, 1.54) is 11.8 Å². The predicted octanol–water partition coefficient (Wildman–Crippen LogP) is 5.76. The number of aryl methyl sites for hydroxylation is 1. The highest BCUT2D eigenvalue weighted by atomic mass is 35.5. The summed E-state index contributed by atoms with van der Waals surface area (Å²) in [7, 11) is 0. The number of Topliss-reactive ketones (excluding diaryl/α,β-unsaturated/α-hetero) is 1. The summed E-state index contributed by atoms with van der Waals surface area (Å²) in [6, 6.07) is 13.2. The minimum Gasteiger partial charge on any atom is -0.358 e. The van der Waals surface area contributed by atoms with Crippen LogP contribution in [0, 0.1) is 6.92 Å². The van der Waals surface area contributed by atoms with Crippen molar-refractivity contribution in [2.45, 2.75) is 11.8 Å². The lowest BCUT2D eigenvalue weighted by Gasteiger charge is -2.06. The van der Waals surface area contributed by atoms with Crippen LogP contribution in [0.5, 0.6) is 0 Å². The molecule has 0 aliphatic heterocycles. The lowest BCUT2D eigenvalue weighted by molar-refractivity contribution is 0.102. The van der Waals surface area contributed by atoms with E-state index in [2.05, 4.69) is 4.98 Å². The summed E-state index contributed by atoms with van der Waals surface area (Å²) in [5.74, 6) is 0.363. The van der Waals surface area contributed by atoms with Crippen LogP contribution in [0.15, 0.2) is 47.4 Å². The maximum Gasteiger partial charge on any atom is 0.175 e. The highest BCUT2D eigenvalue weighted by Gasteiger charge is 2.17. The number of hydrogen-bond acceptors (Lipinski definition) is 2. The van der Waals surface area contributed by atoms with E-state index < -0.39 is 0 Å². The number of rotatable bonds is 4. The molecule has 1 N–H and O–H groups in total. The Labute approximate surface area is 142 Å². The molecule has 0 saturated heterocycles. The fourth-order valence-corrected chi connectivity index (χ4v) is 4.02. The maximum absolute atomic E-state index is 12.6. The Balaban J connectivity index is 1.87. The second kappa shape index (κ2) is 6.37. The quantitative estimate of drug-likeness (QED) is 0.479. The Kier molecular flexibility index (Phi) is 4.48. The molecule has 0 bridgehead atoms. The number of thioether (sulfide) groups is 1. The first kappa shape index (κ1) is 15.5. The second-order valence-corrected chi connectivity index (χ2v) is 6.73. The van der Waals surface area contributed by atoms with Gasteiger partial charge >= 0.3 is 0 Å². The standard InChI is InChI=1S/C17H13Cl2NOS/c1-10-16(11-5-2-3-8-14(11)20-10)15(21)9-22-17-12(18)6-4-7-13(17)19/h2-8,20H,9H2,1H3. The third-order valence-corrected chi connectivity index (χ3v) is 5.43. The molecule has 22 heavy (non-hydrogen) atoms. The van der Waals surface area contributed by atoms with Crippen LogP contribution in [0.25, 0.3) is 10.9 Å². The number of hydrogen-bond donors (Lipinski definition) is 1. The van der Waals surface area contributed by atoms with Gasteiger partial charge in [-0.15, -0.1) is 11.8 Å². The molecule has 0 radical (unpaired) electrons. The van der Waals surface area contributed by atoms with Crippen LogP contribution in [0.2, 0.25) is 10.0 Å². The van der Waals surface area contributed by atoms with Crippen molar-refractivity contribution in [3.8, 4) is 0 Å². The predicted molar refractivity (Wildman–Crippen MR) is 94.6 cm³/mol. The number of fused-ring (bicyclic) bond motifs is 1. The lowest BCUT2D eigenvalue weighted by Crippen LogP contribution is -2.03. The number of ketones is 1. The van der Waals surface area contributed by atoms with Crippen molar-refractivity contribution in [3.63, 3.8) is 0 Å². The van der Waals surface area contributed by atoms with E-state index in [1.807, 2.05) is 31.2 Å². The normalized spacial score (nSPS) is 11.0. The van der Waals surface area contributed by atoms with Gasteiger partial charge in [-0.05, 0) is 25.1 Å². The number of benzene rings is 2. The van der Waals surface area contributed by atoms with Crippen molar-refractivity contribution in [1.29, 1.82) is 0 Å². The number of carbonyl (C=O) groups excluding carboxylic acids is 1. The minimum atomic E-state index is 0.0657. The van der Waals surface area contributed by atoms with Crippen LogP contribution in [0.4, 0.5) is 0 Å². The fraction of sp³-hybridized carbons (Fsp3) is 0.118. The van der Waals surface area contributed by atoms with Crippen LogP contribution in [0.3, 0.4) is 0 Å². The summed E-state index contributed by atoms with van der Waals surface area (Å²) in [6.07, 6.45) is 0. The fourth-order valence-electron chi connectivity index (χ4n) is 2.47.